The first-order valence-electron chi connectivity index (χ1n) is 35.2. The van der Waals surface area contributed by atoms with Gasteiger partial charge in [0.05, 0.1) is 38.6 Å². The highest BCUT2D eigenvalue weighted by Crippen LogP contribution is 2.33. The van der Waals surface area contributed by atoms with E-state index in [-0.39, 0.29) is 18.9 Å². The van der Waals surface area contributed by atoms with E-state index in [2.05, 4.69) is 43.5 Å². The molecule has 0 spiro atoms. The number of carbonyl (C=O) groups is 1. The van der Waals surface area contributed by atoms with E-state index in [9.17, 15) is 61.0 Å². The Bertz CT molecular complexity index is 1740. The van der Waals surface area contributed by atoms with Crippen LogP contribution in [0, 0.1) is 0 Å². The third kappa shape index (κ3) is 33.2. The molecular formula is C69H127NO18. The number of ether oxygens (including phenoxy) is 6. The van der Waals surface area contributed by atoms with Gasteiger partial charge < -0.3 is 89.9 Å². The molecule has 0 bridgehead atoms. The Labute approximate surface area is 530 Å². The number of hydrogen-bond donors (Lipinski definition) is 12. The van der Waals surface area contributed by atoms with Crippen LogP contribution in [0.4, 0.5) is 0 Å². The molecule has 0 radical (unpaired) electrons. The summed E-state index contributed by atoms with van der Waals surface area (Å²) in [6.45, 7) is 1.72. The lowest BCUT2D eigenvalue weighted by molar-refractivity contribution is -0.379. The molecule has 3 heterocycles. The van der Waals surface area contributed by atoms with Crippen molar-refractivity contribution >= 4 is 5.91 Å². The lowest BCUT2D eigenvalue weighted by atomic mass is 9.96. The van der Waals surface area contributed by atoms with Crippen LogP contribution in [0.15, 0.2) is 36.5 Å². The van der Waals surface area contributed by atoms with Crippen LogP contribution in [-0.4, -0.2) is 193 Å². The number of amides is 1. The Morgan fingerprint density at radius 2 is 0.750 bits per heavy atom. The summed E-state index contributed by atoms with van der Waals surface area (Å²) in [4.78, 5) is 13.4. The van der Waals surface area contributed by atoms with Crippen molar-refractivity contribution < 1.29 is 89.4 Å². The van der Waals surface area contributed by atoms with Gasteiger partial charge in [-0.3, -0.25) is 4.79 Å². The Morgan fingerprint density at radius 3 is 1.16 bits per heavy atom. The smallest absolute Gasteiger partial charge is 0.220 e. The van der Waals surface area contributed by atoms with E-state index in [0.29, 0.717) is 6.42 Å². The predicted octanol–water partition coefficient (Wildman–Crippen LogP) is 9.22. The fourth-order valence-corrected chi connectivity index (χ4v) is 11.9. The fraction of sp³-hybridized carbons (Fsp3) is 0.899. The maximum atomic E-state index is 13.4. The number of aliphatic hydroxyl groups is 11. The van der Waals surface area contributed by atoms with Gasteiger partial charge in [0.15, 0.2) is 18.9 Å². The summed E-state index contributed by atoms with van der Waals surface area (Å²) in [6.07, 6.45) is 32.9. The van der Waals surface area contributed by atoms with Crippen LogP contribution < -0.4 is 5.32 Å². The van der Waals surface area contributed by atoms with Gasteiger partial charge in [0.25, 0.3) is 0 Å². The number of carbonyl (C=O) groups excluding carboxylic acids is 1. The van der Waals surface area contributed by atoms with Crippen molar-refractivity contribution in [1.82, 2.24) is 5.32 Å². The van der Waals surface area contributed by atoms with Crippen LogP contribution in [0.2, 0.25) is 0 Å². The van der Waals surface area contributed by atoms with E-state index < -0.39 is 124 Å². The van der Waals surface area contributed by atoms with Crippen LogP contribution in [-0.2, 0) is 33.2 Å². The second-order valence-electron chi connectivity index (χ2n) is 25.3. The molecule has 3 rings (SSSR count). The van der Waals surface area contributed by atoms with Crippen LogP contribution in [0.25, 0.3) is 0 Å². The monoisotopic (exact) mass is 1260 g/mol. The van der Waals surface area contributed by atoms with Gasteiger partial charge in [0.1, 0.15) is 73.2 Å². The molecule has 3 aliphatic heterocycles. The molecule has 0 aromatic heterocycles. The molecule has 12 N–H and O–H groups in total. The second kappa shape index (κ2) is 51.4. The predicted molar refractivity (Wildman–Crippen MR) is 342 cm³/mol. The van der Waals surface area contributed by atoms with Crippen LogP contribution in [0.5, 0.6) is 0 Å². The minimum Gasteiger partial charge on any atom is -0.394 e. The zero-order valence-electron chi connectivity index (χ0n) is 54.5. The Kier molecular flexibility index (Phi) is 46.9. The van der Waals surface area contributed by atoms with Gasteiger partial charge >= 0.3 is 0 Å². The number of unbranched alkanes of at least 4 members (excludes halogenated alkanes) is 34. The zero-order chi connectivity index (χ0) is 64.0. The molecule has 1 amide bonds. The third-order valence-corrected chi connectivity index (χ3v) is 17.7. The van der Waals surface area contributed by atoms with E-state index in [1.165, 1.54) is 186 Å². The van der Waals surface area contributed by atoms with Crippen molar-refractivity contribution in [3.8, 4) is 0 Å². The van der Waals surface area contributed by atoms with Gasteiger partial charge in [-0.2, -0.15) is 0 Å². The van der Waals surface area contributed by atoms with Crippen molar-refractivity contribution in [3.05, 3.63) is 36.5 Å². The highest BCUT2D eigenvalue weighted by atomic mass is 16.8. The van der Waals surface area contributed by atoms with Gasteiger partial charge in [0, 0.05) is 6.42 Å². The van der Waals surface area contributed by atoms with Gasteiger partial charge in [-0.1, -0.05) is 243 Å². The maximum absolute atomic E-state index is 13.4. The molecule has 0 aromatic carbocycles. The quantitative estimate of drug-likeness (QED) is 0.0199. The molecular weight excluding hydrogens is 1130 g/mol. The molecule has 3 fully saturated rings. The summed E-state index contributed by atoms with van der Waals surface area (Å²) in [7, 11) is 0. The van der Waals surface area contributed by atoms with Crippen LogP contribution in [0.3, 0.4) is 0 Å². The standard InChI is InChI=1S/C69H127NO18/c1-3-5-7-9-11-13-15-17-18-19-20-21-22-23-24-25-26-27-28-29-30-31-32-33-34-35-37-39-41-43-45-47-57(75)70-52(53(74)46-44-42-40-38-36-16-14-12-10-8-6-4-2)51-83-67-63(81)60(78)65(55(49-72)85-67)88-69-64(82)61(79)66(56(50-73)86-69)87-68-62(80)59(77)58(76)54(48-71)84-68/h15,17,19-20,44,46,52-56,58-69,71-74,76-82H,3-14,16,18,21-43,45,47-51H2,1-2H3,(H,70,75)/b17-15-,20-19-,46-44+. The van der Waals surface area contributed by atoms with E-state index in [0.717, 1.165) is 51.4 Å². The normalized spacial score (nSPS) is 28.6. The van der Waals surface area contributed by atoms with Crippen LogP contribution in [0.1, 0.15) is 264 Å². The zero-order valence-corrected chi connectivity index (χ0v) is 54.5. The van der Waals surface area contributed by atoms with Crippen molar-refractivity contribution in [2.24, 2.45) is 0 Å². The third-order valence-electron chi connectivity index (χ3n) is 17.7. The molecule has 3 aliphatic rings. The van der Waals surface area contributed by atoms with E-state index in [4.69, 9.17) is 28.4 Å². The molecule has 17 unspecified atom stereocenters. The van der Waals surface area contributed by atoms with Crippen molar-refractivity contribution in [2.45, 2.75) is 369 Å². The first-order chi connectivity index (χ1) is 42.8. The molecule has 19 nitrogen and oxygen atoms in total. The number of aliphatic hydroxyl groups excluding tert-OH is 11. The first-order valence-corrected chi connectivity index (χ1v) is 35.2. The summed E-state index contributed by atoms with van der Waals surface area (Å²) >= 11 is 0. The molecule has 0 saturated carbocycles. The summed E-state index contributed by atoms with van der Waals surface area (Å²) < 4.78 is 34.3. The topological polar surface area (TPSA) is 307 Å². The Balaban J connectivity index is 1.36. The molecule has 3 saturated heterocycles. The highest BCUT2D eigenvalue weighted by molar-refractivity contribution is 5.76. The average Bonchev–Trinajstić information content (AvgIpc) is 1.54. The van der Waals surface area contributed by atoms with Crippen LogP contribution >= 0.6 is 0 Å². The van der Waals surface area contributed by atoms with Gasteiger partial charge in [-0.15, -0.1) is 0 Å². The SMILES string of the molecule is CCCCCCC/C=C\C/C=C\CCCCCCCCCCCCCCCCCCCCCC(=O)NC(COC1OC(CO)C(OC2OC(CO)C(OC3OC(CO)C(O)C(O)C3O)C(O)C2O)C(O)C1O)C(O)/C=C/CCCCCCCCCCCC. The molecule has 19 heteroatoms. The molecule has 0 aromatic rings. The second-order valence-corrected chi connectivity index (χ2v) is 25.3. The summed E-state index contributed by atoms with van der Waals surface area (Å²) in [5, 5.41) is 120. The van der Waals surface area contributed by atoms with Crippen molar-refractivity contribution in [3.63, 3.8) is 0 Å². The number of allylic oxidation sites excluding steroid dienone is 5. The Hall–Kier alpha value is -1.99. The lowest BCUT2D eigenvalue weighted by Gasteiger charge is -2.48. The highest BCUT2D eigenvalue weighted by Gasteiger charge is 2.53. The number of nitrogens with one attached hydrogen (secondary N) is 1. The lowest BCUT2D eigenvalue weighted by Crippen LogP contribution is -2.66. The van der Waals surface area contributed by atoms with Crippen molar-refractivity contribution in [1.29, 1.82) is 0 Å². The maximum Gasteiger partial charge on any atom is 0.220 e. The largest absolute Gasteiger partial charge is 0.394 e. The number of hydrogen-bond acceptors (Lipinski definition) is 18. The molecule has 17 atom stereocenters. The minimum atomic E-state index is -1.98. The van der Waals surface area contributed by atoms with Gasteiger partial charge in [0.2, 0.25) is 5.91 Å². The fourth-order valence-electron chi connectivity index (χ4n) is 11.9. The van der Waals surface area contributed by atoms with E-state index in [1.807, 2.05) is 6.08 Å². The van der Waals surface area contributed by atoms with Crippen molar-refractivity contribution in [2.75, 3.05) is 26.4 Å². The average molecular weight is 1260 g/mol. The van der Waals surface area contributed by atoms with Gasteiger partial charge in [-0.25, -0.2) is 0 Å². The molecule has 0 aliphatic carbocycles. The van der Waals surface area contributed by atoms with E-state index >= 15 is 0 Å². The summed E-state index contributed by atoms with van der Waals surface area (Å²) in [5.74, 6) is -0.273. The summed E-state index contributed by atoms with van der Waals surface area (Å²) in [6, 6.07) is -0.970. The number of rotatable bonds is 54. The van der Waals surface area contributed by atoms with Gasteiger partial charge in [-0.05, 0) is 51.4 Å². The van der Waals surface area contributed by atoms with E-state index in [1.54, 1.807) is 6.08 Å². The molecule has 88 heavy (non-hydrogen) atoms. The molecule has 516 valence electrons. The minimum absolute atomic E-state index is 0.246. The Morgan fingerprint density at radius 1 is 0.409 bits per heavy atom. The summed E-state index contributed by atoms with van der Waals surface area (Å²) in [5.41, 5.74) is 0. The first kappa shape index (κ1) is 80.2.